The van der Waals surface area contributed by atoms with Crippen LogP contribution >= 0.6 is 0 Å². The van der Waals surface area contributed by atoms with Gasteiger partial charge in [0.05, 0.1) is 0 Å². The first kappa shape index (κ1) is 8.53. The monoisotopic (exact) mass is 182 g/mol. The normalized spacial score (nSPS) is 34.0. The SMILES string of the molecule is CC1CCC2C(=O)N(C)C(=O)N2C1. The third kappa shape index (κ3) is 1.12. The van der Waals surface area contributed by atoms with E-state index in [2.05, 4.69) is 6.92 Å². The molecule has 0 spiro atoms. The number of nitrogens with zero attached hydrogens (tertiary/aromatic N) is 2. The average Bonchev–Trinajstić information content (AvgIpc) is 2.32. The average molecular weight is 182 g/mol. The maximum atomic E-state index is 11.5. The number of hydrogen-bond acceptors (Lipinski definition) is 2. The molecule has 0 saturated carbocycles. The van der Waals surface area contributed by atoms with Gasteiger partial charge in [0.2, 0.25) is 0 Å². The van der Waals surface area contributed by atoms with E-state index in [1.165, 1.54) is 4.90 Å². The van der Waals surface area contributed by atoms with Crippen LogP contribution in [0.25, 0.3) is 0 Å². The molecular formula is C9H14N2O2. The number of amides is 3. The number of urea groups is 1. The summed E-state index contributed by atoms with van der Waals surface area (Å²) in [5, 5.41) is 0. The zero-order valence-electron chi connectivity index (χ0n) is 7.99. The Morgan fingerprint density at radius 1 is 1.31 bits per heavy atom. The van der Waals surface area contributed by atoms with Crippen molar-refractivity contribution in [2.24, 2.45) is 5.92 Å². The summed E-state index contributed by atoms with van der Waals surface area (Å²) in [6.45, 7) is 2.85. The number of carbonyl (C=O) groups excluding carboxylic acids is 2. The Labute approximate surface area is 77.5 Å². The molecule has 2 fully saturated rings. The molecule has 2 rings (SSSR count). The molecule has 13 heavy (non-hydrogen) atoms. The van der Waals surface area contributed by atoms with Crippen LogP contribution < -0.4 is 0 Å². The van der Waals surface area contributed by atoms with E-state index in [-0.39, 0.29) is 18.0 Å². The molecule has 0 aromatic rings. The van der Waals surface area contributed by atoms with Gasteiger partial charge in [-0.15, -0.1) is 0 Å². The fourth-order valence-corrected chi connectivity index (χ4v) is 2.13. The van der Waals surface area contributed by atoms with Crippen molar-refractivity contribution in [3.8, 4) is 0 Å². The van der Waals surface area contributed by atoms with Gasteiger partial charge < -0.3 is 4.90 Å². The number of imide groups is 1. The molecule has 2 saturated heterocycles. The second-order valence-corrected chi connectivity index (χ2v) is 4.03. The summed E-state index contributed by atoms with van der Waals surface area (Å²) in [7, 11) is 1.56. The van der Waals surface area contributed by atoms with Crippen molar-refractivity contribution in [3.05, 3.63) is 0 Å². The number of piperidine rings is 1. The maximum Gasteiger partial charge on any atom is 0.327 e. The highest BCUT2D eigenvalue weighted by Gasteiger charge is 2.45. The zero-order chi connectivity index (χ0) is 9.59. The summed E-state index contributed by atoms with van der Waals surface area (Å²) >= 11 is 0. The van der Waals surface area contributed by atoms with Crippen molar-refractivity contribution in [1.29, 1.82) is 0 Å². The van der Waals surface area contributed by atoms with Crippen molar-refractivity contribution in [2.45, 2.75) is 25.8 Å². The second-order valence-electron chi connectivity index (χ2n) is 4.03. The highest BCUT2D eigenvalue weighted by Crippen LogP contribution is 2.28. The van der Waals surface area contributed by atoms with Gasteiger partial charge in [0.1, 0.15) is 6.04 Å². The lowest BCUT2D eigenvalue weighted by Crippen LogP contribution is -2.42. The van der Waals surface area contributed by atoms with Crippen LogP contribution in [0.5, 0.6) is 0 Å². The molecule has 4 nitrogen and oxygen atoms in total. The van der Waals surface area contributed by atoms with E-state index in [4.69, 9.17) is 0 Å². The Kier molecular flexibility index (Phi) is 1.78. The molecule has 0 aromatic heterocycles. The van der Waals surface area contributed by atoms with Gasteiger partial charge in [0.15, 0.2) is 0 Å². The molecule has 2 heterocycles. The summed E-state index contributed by atoms with van der Waals surface area (Å²) in [4.78, 5) is 26.0. The van der Waals surface area contributed by atoms with Gasteiger partial charge in [-0.3, -0.25) is 9.69 Å². The van der Waals surface area contributed by atoms with E-state index in [0.717, 1.165) is 19.4 Å². The molecule has 72 valence electrons. The Hall–Kier alpha value is -1.06. The van der Waals surface area contributed by atoms with Crippen molar-refractivity contribution in [1.82, 2.24) is 9.80 Å². The fraction of sp³-hybridized carbons (Fsp3) is 0.778. The summed E-state index contributed by atoms with van der Waals surface area (Å²) in [5.74, 6) is 0.497. The lowest BCUT2D eigenvalue weighted by atomic mass is 9.95. The largest absolute Gasteiger partial charge is 0.327 e. The molecule has 0 aromatic carbocycles. The summed E-state index contributed by atoms with van der Waals surface area (Å²) in [6, 6.07) is -0.282. The smallest absolute Gasteiger partial charge is 0.312 e. The maximum absolute atomic E-state index is 11.5. The van der Waals surface area contributed by atoms with Crippen LogP contribution in [0.15, 0.2) is 0 Å². The minimum atomic E-state index is -0.159. The van der Waals surface area contributed by atoms with Crippen LogP contribution in [0.2, 0.25) is 0 Å². The van der Waals surface area contributed by atoms with Crippen molar-refractivity contribution >= 4 is 11.9 Å². The molecule has 0 bridgehead atoms. The van der Waals surface area contributed by atoms with Gasteiger partial charge in [-0.05, 0) is 18.8 Å². The van der Waals surface area contributed by atoms with Gasteiger partial charge in [-0.25, -0.2) is 4.79 Å². The van der Waals surface area contributed by atoms with Crippen molar-refractivity contribution in [3.63, 3.8) is 0 Å². The van der Waals surface area contributed by atoms with Gasteiger partial charge in [-0.1, -0.05) is 6.92 Å². The van der Waals surface area contributed by atoms with E-state index < -0.39 is 0 Å². The minimum Gasteiger partial charge on any atom is -0.312 e. The number of carbonyl (C=O) groups is 2. The standard InChI is InChI=1S/C9H14N2O2/c1-6-3-4-7-8(12)10(2)9(13)11(7)5-6/h6-7H,3-5H2,1-2H3. The lowest BCUT2D eigenvalue weighted by Gasteiger charge is -2.30. The van der Waals surface area contributed by atoms with Crippen LogP contribution in [0, 0.1) is 5.92 Å². The third-order valence-electron chi connectivity index (χ3n) is 2.97. The topological polar surface area (TPSA) is 40.6 Å². The second kappa shape index (κ2) is 2.72. The first-order valence-corrected chi connectivity index (χ1v) is 4.69. The number of fused-ring (bicyclic) bond motifs is 1. The Morgan fingerprint density at radius 2 is 2.00 bits per heavy atom. The highest BCUT2D eigenvalue weighted by atomic mass is 16.2. The molecular weight excluding hydrogens is 168 g/mol. The number of likely N-dealkylation sites (N-methyl/N-ethyl adjacent to an activating group) is 1. The molecule has 0 aliphatic carbocycles. The van der Waals surface area contributed by atoms with E-state index >= 15 is 0 Å². The highest BCUT2D eigenvalue weighted by molar-refractivity contribution is 6.03. The van der Waals surface area contributed by atoms with Crippen LogP contribution in [0.3, 0.4) is 0 Å². The van der Waals surface area contributed by atoms with E-state index in [1.54, 1.807) is 11.9 Å². The quantitative estimate of drug-likeness (QED) is 0.517. The number of rotatable bonds is 0. The van der Waals surface area contributed by atoms with Crippen LogP contribution in [0.4, 0.5) is 4.79 Å². The van der Waals surface area contributed by atoms with Gasteiger partial charge in [0.25, 0.3) is 5.91 Å². The molecule has 3 amide bonds. The Morgan fingerprint density at radius 3 is 2.69 bits per heavy atom. The predicted octanol–water partition coefficient (Wildman–Crippen LogP) is 0.679. The molecule has 0 radical (unpaired) electrons. The Balaban J connectivity index is 2.22. The van der Waals surface area contributed by atoms with E-state index in [1.807, 2.05) is 0 Å². The molecule has 2 aliphatic heterocycles. The summed E-state index contributed by atoms with van der Waals surface area (Å²) in [6.07, 6.45) is 1.88. The third-order valence-corrected chi connectivity index (χ3v) is 2.97. The molecule has 2 atom stereocenters. The van der Waals surface area contributed by atoms with Gasteiger partial charge in [0, 0.05) is 13.6 Å². The van der Waals surface area contributed by atoms with Crippen molar-refractivity contribution in [2.75, 3.05) is 13.6 Å². The van der Waals surface area contributed by atoms with Gasteiger partial charge in [-0.2, -0.15) is 0 Å². The first-order chi connectivity index (χ1) is 6.11. The summed E-state index contributed by atoms with van der Waals surface area (Å²) in [5.41, 5.74) is 0. The van der Waals surface area contributed by atoms with Gasteiger partial charge >= 0.3 is 6.03 Å². The molecule has 0 N–H and O–H groups in total. The molecule has 2 aliphatic rings. The zero-order valence-corrected chi connectivity index (χ0v) is 7.99. The molecule has 4 heteroatoms. The van der Waals surface area contributed by atoms with Crippen LogP contribution in [0.1, 0.15) is 19.8 Å². The molecule has 2 unspecified atom stereocenters. The van der Waals surface area contributed by atoms with Crippen molar-refractivity contribution < 1.29 is 9.59 Å². The lowest BCUT2D eigenvalue weighted by molar-refractivity contribution is -0.128. The van der Waals surface area contributed by atoms with Crippen LogP contribution in [-0.4, -0.2) is 41.4 Å². The summed E-state index contributed by atoms with van der Waals surface area (Å²) < 4.78 is 0. The fourth-order valence-electron chi connectivity index (χ4n) is 2.13. The minimum absolute atomic E-state index is 0.0306. The van der Waals surface area contributed by atoms with E-state index in [9.17, 15) is 9.59 Å². The van der Waals surface area contributed by atoms with E-state index in [0.29, 0.717) is 5.92 Å². The Bertz CT molecular complexity index is 264. The number of hydrogen-bond donors (Lipinski definition) is 0. The van der Waals surface area contributed by atoms with Crippen LogP contribution in [-0.2, 0) is 4.79 Å². The first-order valence-electron chi connectivity index (χ1n) is 4.69. The predicted molar refractivity (Wildman–Crippen MR) is 47.1 cm³/mol.